The molecule has 0 fully saturated rings. The standard InChI is InChI=1S/C24H24N4O7S/c1-3-35-21-12-9-19(10-13-21)27(36(32,33)22-7-5-4-6-8-22)17-24(29)26-25-16-18-15-20(28(30)31)11-14-23(18)34-2/h4-16H,3,17H2,1-2H3,(H,26,29). The van der Waals surface area contributed by atoms with Gasteiger partial charge in [-0.25, -0.2) is 13.8 Å². The number of nitro groups is 1. The number of hydrazone groups is 1. The molecule has 0 radical (unpaired) electrons. The number of nitrogens with one attached hydrogen (secondary N) is 1. The van der Waals surface area contributed by atoms with Crippen LogP contribution < -0.4 is 19.2 Å². The average Bonchev–Trinajstić information content (AvgIpc) is 2.88. The Morgan fingerprint density at radius 1 is 1.11 bits per heavy atom. The molecule has 0 bridgehead atoms. The second-order valence-electron chi connectivity index (χ2n) is 7.23. The molecule has 11 nitrogen and oxygen atoms in total. The number of amides is 1. The Morgan fingerprint density at radius 2 is 1.81 bits per heavy atom. The van der Waals surface area contributed by atoms with Crippen molar-refractivity contribution in [3.63, 3.8) is 0 Å². The third-order valence-corrected chi connectivity index (χ3v) is 6.66. The lowest BCUT2D eigenvalue weighted by molar-refractivity contribution is -0.384. The van der Waals surface area contributed by atoms with Crippen molar-refractivity contribution < 1.29 is 27.6 Å². The maximum atomic E-state index is 13.4. The first-order valence-corrected chi connectivity index (χ1v) is 12.1. The van der Waals surface area contributed by atoms with E-state index >= 15 is 0 Å². The molecule has 0 spiro atoms. The number of carbonyl (C=O) groups is 1. The van der Waals surface area contributed by atoms with Gasteiger partial charge in [-0.3, -0.25) is 19.2 Å². The third-order valence-electron chi connectivity index (χ3n) is 4.87. The predicted octanol–water partition coefficient (Wildman–Crippen LogP) is 3.35. The van der Waals surface area contributed by atoms with Crippen LogP contribution in [0.5, 0.6) is 11.5 Å². The summed E-state index contributed by atoms with van der Waals surface area (Å²) in [5, 5.41) is 14.9. The van der Waals surface area contributed by atoms with Gasteiger partial charge in [-0.15, -0.1) is 0 Å². The molecule has 0 unspecified atom stereocenters. The molecule has 0 aliphatic rings. The van der Waals surface area contributed by atoms with Crippen LogP contribution in [-0.4, -0.2) is 45.7 Å². The summed E-state index contributed by atoms with van der Waals surface area (Å²) in [5.74, 6) is 0.128. The number of nitro benzene ring substituents is 1. The Bertz CT molecular complexity index is 1340. The second kappa shape index (κ2) is 11.8. The van der Waals surface area contributed by atoms with E-state index in [2.05, 4.69) is 10.5 Å². The number of rotatable bonds is 11. The van der Waals surface area contributed by atoms with Gasteiger partial charge in [0.15, 0.2) is 0 Å². The zero-order chi connectivity index (χ0) is 26.1. The highest BCUT2D eigenvalue weighted by atomic mass is 32.2. The van der Waals surface area contributed by atoms with Crippen LogP contribution in [0.4, 0.5) is 11.4 Å². The average molecular weight is 513 g/mol. The first-order chi connectivity index (χ1) is 17.3. The number of anilines is 1. The normalized spacial score (nSPS) is 11.2. The van der Waals surface area contributed by atoms with E-state index in [1.54, 1.807) is 30.3 Å². The van der Waals surface area contributed by atoms with Gasteiger partial charge in [0.25, 0.3) is 21.6 Å². The number of hydrogen-bond donors (Lipinski definition) is 1. The summed E-state index contributed by atoms with van der Waals surface area (Å²) in [6.45, 7) is 1.70. The van der Waals surface area contributed by atoms with Gasteiger partial charge in [0.05, 0.1) is 35.4 Å². The molecular weight excluding hydrogens is 488 g/mol. The van der Waals surface area contributed by atoms with Crippen LogP contribution in [0, 0.1) is 10.1 Å². The van der Waals surface area contributed by atoms with Gasteiger partial charge in [-0.2, -0.15) is 5.10 Å². The molecule has 0 saturated heterocycles. The molecule has 3 aromatic rings. The lowest BCUT2D eigenvalue weighted by Crippen LogP contribution is -2.39. The maximum Gasteiger partial charge on any atom is 0.270 e. The lowest BCUT2D eigenvalue weighted by atomic mass is 10.2. The number of sulfonamides is 1. The van der Waals surface area contributed by atoms with Crippen molar-refractivity contribution in [3.05, 3.63) is 88.5 Å². The minimum atomic E-state index is -4.09. The molecule has 1 N–H and O–H groups in total. The minimum Gasteiger partial charge on any atom is -0.496 e. The molecule has 36 heavy (non-hydrogen) atoms. The minimum absolute atomic E-state index is 0.0107. The van der Waals surface area contributed by atoms with Crippen LogP contribution >= 0.6 is 0 Å². The number of ether oxygens (including phenoxy) is 2. The van der Waals surface area contributed by atoms with Crippen molar-refractivity contribution in [3.8, 4) is 11.5 Å². The second-order valence-corrected chi connectivity index (χ2v) is 9.09. The molecule has 0 atom stereocenters. The molecule has 0 aliphatic carbocycles. The molecule has 3 rings (SSSR count). The van der Waals surface area contributed by atoms with E-state index in [9.17, 15) is 23.3 Å². The van der Waals surface area contributed by atoms with Crippen molar-refractivity contribution in [2.45, 2.75) is 11.8 Å². The highest BCUT2D eigenvalue weighted by molar-refractivity contribution is 7.92. The number of non-ortho nitro benzene ring substituents is 1. The molecule has 0 heterocycles. The number of nitrogens with zero attached hydrogens (tertiary/aromatic N) is 3. The van der Waals surface area contributed by atoms with Crippen LogP contribution in [0.1, 0.15) is 12.5 Å². The Kier molecular flexibility index (Phi) is 8.57. The highest BCUT2D eigenvalue weighted by Crippen LogP contribution is 2.26. The first-order valence-electron chi connectivity index (χ1n) is 10.7. The van der Waals surface area contributed by atoms with Crippen molar-refractivity contribution in [1.29, 1.82) is 0 Å². The predicted molar refractivity (Wildman–Crippen MR) is 134 cm³/mol. The van der Waals surface area contributed by atoms with Gasteiger partial charge in [0, 0.05) is 17.7 Å². The van der Waals surface area contributed by atoms with Gasteiger partial charge in [-0.1, -0.05) is 18.2 Å². The van der Waals surface area contributed by atoms with E-state index in [0.29, 0.717) is 18.1 Å². The zero-order valence-electron chi connectivity index (χ0n) is 19.5. The summed E-state index contributed by atoms with van der Waals surface area (Å²) >= 11 is 0. The Balaban J connectivity index is 1.84. The van der Waals surface area contributed by atoms with Crippen LogP contribution in [0.15, 0.2) is 82.8 Å². The van der Waals surface area contributed by atoms with Crippen molar-refractivity contribution in [2.75, 3.05) is 24.6 Å². The van der Waals surface area contributed by atoms with Gasteiger partial charge < -0.3 is 9.47 Å². The number of methoxy groups -OCH3 is 1. The summed E-state index contributed by atoms with van der Waals surface area (Å²) in [4.78, 5) is 23.2. The molecule has 1 amide bonds. The summed E-state index contributed by atoms with van der Waals surface area (Å²) in [6.07, 6.45) is 1.18. The van der Waals surface area contributed by atoms with E-state index in [4.69, 9.17) is 9.47 Å². The summed E-state index contributed by atoms with van der Waals surface area (Å²) in [5.41, 5.74) is 2.59. The van der Waals surface area contributed by atoms with Gasteiger partial charge in [0.1, 0.15) is 18.0 Å². The van der Waals surface area contributed by atoms with Gasteiger partial charge in [0.2, 0.25) is 0 Å². The van der Waals surface area contributed by atoms with Crippen molar-refractivity contribution in [1.82, 2.24) is 5.43 Å². The van der Waals surface area contributed by atoms with Gasteiger partial charge in [-0.05, 0) is 49.4 Å². The Labute approximate surface area is 208 Å². The number of carbonyl (C=O) groups excluding carboxylic acids is 1. The van der Waals surface area contributed by atoms with Crippen LogP contribution in [0.2, 0.25) is 0 Å². The van der Waals surface area contributed by atoms with Crippen molar-refractivity contribution in [2.24, 2.45) is 5.10 Å². The first kappa shape index (κ1) is 26.2. The fraction of sp³-hybridized carbons (Fsp3) is 0.167. The number of hydrogen-bond acceptors (Lipinski definition) is 8. The molecule has 0 aromatic heterocycles. The Hall–Kier alpha value is -4.45. The molecule has 0 saturated carbocycles. The number of benzene rings is 3. The fourth-order valence-corrected chi connectivity index (χ4v) is 4.63. The molecule has 12 heteroatoms. The van der Waals surface area contributed by atoms with Crippen LogP contribution in [0.3, 0.4) is 0 Å². The smallest absolute Gasteiger partial charge is 0.270 e. The van der Waals surface area contributed by atoms with Crippen LogP contribution in [-0.2, 0) is 14.8 Å². The topological polar surface area (TPSA) is 140 Å². The summed E-state index contributed by atoms with van der Waals surface area (Å²) in [7, 11) is -2.70. The molecule has 188 valence electrons. The molecular formula is C24H24N4O7S. The summed E-state index contributed by atoms with van der Waals surface area (Å²) in [6, 6.07) is 17.9. The van der Waals surface area contributed by atoms with E-state index in [1.165, 1.54) is 55.8 Å². The maximum absolute atomic E-state index is 13.4. The van der Waals surface area contributed by atoms with E-state index < -0.39 is 27.4 Å². The van der Waals surface area contributed by atoms with Crippen LogP contribution in [0.25, 0.3) is 0 Å². The van der Waals surface area contributed by atoms with E-state index in [-0.39, 0.29) is 21.8 Å². The third kappa shape index (κ3) is 6.36. The van der Waals surface area contributed by atoms with Gasteiger partial charge >= 0.3 is 0 Å². The highest BCUT2D eigenvalue weighted by Gasteiger charge is 2.27. The lowest BCUT2D eigenvalue weighted by Gasteiger charge is -2.24. The quantitative estimate of drug-likeness (QED) is 0.236. The molecule has 0 aliphatic heterocycles. The monoisotopic (exact) mass is 512 g/mol. The van der Waals surface area contributed by atoms with E-state index in [0.717, 1.165) is 4.31 Å². The Morgan fingerprint density at radius 3 is 2.42 bits per heavy atom. The fourth-order valence-electron chi connectivity index (χ4n) is 3.19. The zero-order valence-corrected chi connectivity index (χ0v) is 20.3. The largest absolute Gasteiger partial charge is 0.496 e. The van der Waals surface area contributed by atoms with E-state index in [1.807, 2.05) is 6.92 Å². The summed E-state index contributed by atoms with van der Waals surface area (Å²) < 4.78 is 38.2. The van der Waals surface area contributed by atoms with Crippen molar-refractivity contribution >= 4 is 33.5 Å². The SMILES string of the molecule is CCOc1ccc(N(CC(=O)NN=Cc2cc([N+](=O)[O-])ccc2OC)S(=O)(=O)c2ccccc2)cc1. The molecule has 3 aromatic carbocycles.